The van der Waals surface area contributed by atoms with Crippen molar-refractivity contribution in [1.82, 2.24) is 15.5 Å². The molecule has 0 aliphatic carbocycles. The molecule has 2 N–H and O–H groups in total. The Morgan fingerprint density at radius 1 is 1.21 bits per heavy atom. The van der Waals surface area contributed by atoms with E-state index < -0.39 is 0 Å². The van der Waals surface area contributed by atoms with Crippen molar-refractivity contribution < 1.29 is 14.3 Å². The summed E-state index contributed by atoms with van der Waals surface area (Å²) in [4.78, 5) is 18.1. The van der Waals surface area contributed by atoms with Gasteiger partial charge in [-0.2, -0.15) is 0 Å². The molecule has 0 radical (unpaired) electrons. The van der Waals surface area contributed by atoms with Gasteiger partial charge in [-0.1, -0.05) is 12.1 Å². The second kappa shape index (κ2) is 14.6. The fraction of sp³-hybridized carbons (Fsp3) is 0.619. The van der Waals surface area contributed by atoms with Crippen LogP contribution in [-0.2, 0) is 16.0 Å². The number of ether oxygens (including phenoxy) is 2. The number of carbonyl (C=O) groups is 1. The van der Waals surface area contributed by atoms with E-state index in [4.69, 9.17) is 9.47 Å². The van der Waals surface area contributed by atoms with Crippen LogP contribution in [-0.4, -0.2) is 69.9 Å². The Balaban J connectivity index is 0.00000420. The van der Waals surface area contributed by atoms with E-state index in [1.165, 1.54) is 0 Å². The lowest BCUT2D eigenvalue weighted by molar-refractivity contribution is -0.0320. The largest absolute Gasteiger partial charge is 0.381 e. The second-order valence-electron chi connectivity index (χ2n) is 7.05. The minimum Gasteiger partial charge on any atom is -0.381 e. The minimum absolute atomic E-state index is 0. The summed E-state index contributed by atoms with van der Waals surface area (Å²) in [5.41, 5.74) is 1.75. The first-order chi connectivity index (χ1) is 13.6. The van der Waals surface area contributed by atoms with E-state index in [0.717, 1.165) is 63.7 Å². The van der Waals surface area contributed by atoms with Crippen LogP contribution in [0.4, 0.5) is 0 Å². The van der Waals surface area contributed by atoms with E-state index in [0.29, 0.717) is 18.2 Å². The SMILES string of the molecule is CCNC(=NCc1ccc(C(=O)N(C)C)cc1)NCCCOC1CCOCC1.I. The molecule has 0 bridgehead atoms. The van der Waals surface area contributed by atoms with Gasteiger partial charge in [-0.15, -0.1) is 24.0 Å². The molecule has 2 rings (SSSR count). The summed E-state index contributed by atoms with van der Waals surface area (Å²) >= 11 is 0. The maximum atomic E-state index is 11.9. The van der Waals surface area contributed by atoms with Gasteiger partial charge in [0.15, 0.2) is 5.96 Å². The number of carbonyl (C=O) groups excluding carboxylic acids is 1. The zero-order valence-electron chi connectivity index (χ0n) is 17.8. The van der Waals surface area contributed by atoms with Crippen molar-refractivity contribution in [2.45, 2.75) is 38.8 Å². The van der Waals surface area contributed by atoms with E-state index in [1.54, 1.807) is 19.0 Å². The average Bonchev–Trinajstić information content (AvgIpc) is 2.72. The number of rotatable bonds is 9. The molecule has 0 atom stereocenters. The molecule has 0 aromatic heterocycles. The van der Waals surface area contributed by atoms with Crippen LogP contribution in [0.25, 0.3) is 0 Å². The van der Waals surface area contributed by atoms with E-state index in [1.807, 2.05) is 31.2 Å². The second-order valence-corrected chi connectivity index (χ2v) is 7.05. The first-order valence-electron chi connectivity index (χ1n) is 10.1. The fourth-order valence-corrected chi connectivity index (χ4v) is 2.89. The summed E-state index contributed by atoms with van der Waals surface area (Å²) < 4.78 is 11.2. The molecular formula is C21H35IN4O3. The third-order valence-electron chi connectivity index (χ3n) is 4.51. The maximum Gasteiger partial charge on any atom is 0.253 e. The lowest BCUT2D eigenvalue weighted by Gasteiger charge is -2.22. The van der Waals surface area contributed by atoms with Gasteiger partial charge in [0, 0.05) is 52.6 Å². The summed E-state index contributed by atoms with van der Waals surface area (Å²) in [5, 5.41) is 6.61. The van der Waals surface area contributed by atoms with E-state index in [-0.39, 0.29) is 29.9 Å². The molecule has 1 saturated heterocycles. The molecule has 0 spiro atoms. The molecule has 1 aliphatic rings. The molecule has 0 saturated carbocycles. The average molecular weight is 518 g/mol. The highest BCUT2D eigenvalue weighted by atomic mass is 127. The summed E-state index contributed by atoms with van der Waals surface area (Å²) in [6.45, 7) is 6.59. The summed E-state index contributed by atoms with van der Waals surface area (Å²) in [6.07, 6.45) is 3.27. The number of amides is 1. The maximum absolute atomic E-state index is 11.9. The molecule has 29 heavy (non-hydrogen) atoms. The van der Waals surface area contributed by atoms with E-state index in [9.17, 15) is 4.79 Å². The van der Waals surface area contributed by atoms with Crippen LogP contribution in [0.15, 0.2) is 29.3 Å². The zero-order chi connectivity index (χ0) is 20.2. The topological polar surface area (TPSA) is 75.2 Å². The molecule has 1 heterocycles. The zero-order valence-corrected chi connectivity index (χ0v) is 20.1. The van der Waals surface area contributed by atoms with Crippen LogP contribution in [0.2, 0.25) is 0 Å². The molecule has 8 heteroatoms. The first kappa shape index (κ1) is 25.6. The quantitative estimate of drug-likeness (QED) is 0.228. The third-order valence-corrected chi connectivity index (χ3v) is 4.51. The van der Waals surface area contributed by atoms with Gasteiger partial charge in [0.05, 0.1) is 12.6 Å². The Hall–Kier alpha value is -1.39. The Bertz CT molecular complexity index is 617. The molecule has 1 aliphatic heterocycles. The lowest BCUT2D eigenvalue weighted by Crippen LogP contribution is -2.38. The van der Waals surface area contributed by atoms with Crippen LogP contribution >= 0.6 is 24.0 Å². The van der Waals surface area contributed by atoms with Crippen LogP contribution in [0.3, 0.4) is 0 Å². The predicted octanol–water partition coefficient (Wildman–Crippen LogP) is 2.65. The minimum atomic E-state index is 0. The Morgan fingerprint density at radius 2 is 1.90 bits per heavy atom. The molecule has 1 aromatic rings. The van der Waals surface area contributed by atoms with Crippen LogP contribution < -0.4 is 10.6 Å². The summed E-state index contributed by atoms with van der Waals surface area (Å²) in [7, 11) is 3.51. The van der Waals surface area contributed by atoms with Gasteiger partial charge in [0.1, 0.15) is 0 Å². The Labute approximate surface area is 191 Å². The number of aliphatic imine (C=N–C) groups is 1. The highest BCUT2D eigenvalue weighted by molar-refractivity contribution is 14.0. The molecule has 1 amide bonds. The molecule has 164 valence electrons. The van der Waals surface area contributed by atoms with Crippen molar-refractivity contribution in [3.8, 4) is 0 Å². The number of nitrogens with one attached hydrogen (secondary N) is 2. The van der Waals surface area contributed by atoms with Crippen LogP contribution in [0.5, 0.6) is 0 Å². The van der Waals surface area contributed by atoms with Gasteiger partial charge in [0.2, 0.25) is 0 Å². The van der Waals surface area contributed by atoms with Crippen molar-refractivity contribution in [2.75, 3.05) is 47.0 Å². The monoisotopic (exact) mass is 518 g/mol. The van der Waals surface area contributed by atoms with Crippen LogP contribution in [0, 0.1) is 0 Å². The van der Waals surface area contributed by atoms with Gasteiger partial charge in [0.25, 0.3) is 5.91 Å². The summed E-state index contributed by atoms with van der Waals surface area (Å²) in [5.74, 6) is 0.801. The van der Waals surface area contributed by atoms with Gasteiger partial charge in [-0.25, -0.2) is 4.99 Å². The normalized spacial score (nSPS) is 14.8. The number of hydrogen-bond acceptors (Lipinski definition) is 4. The Kier molecular flexibility index (Phi) is 12.9. The van der Waals surface area contributed by atoms with Crippen molar-refractivity contribution in [1.29, 1.82) is 0 Å². The number of halogens is 1. The van der Waals surface area contributed by atoms with Crippen molar-refractivity contribution >= 4 is 35.8 Å². The number of nitrogens with zero attached hydrogens (tertiary/aromatic N) is 2. The highest BCUT2D eigenvalue weighted by Crippen LogP contribution is 2.10. The van der Waals surface area contributed by atoms with Crippen molar-refractivity contribution in [3.05, 3.63) is 35.4 Å². The standard InChI is InChI=1S/C21H34N4O3.HI/c1-4-22-21(23-12-5-13-28-19-10-14-27-15-11-19)24-16-17-6-8-18(9-7-17)20(26)25(2)3;/h6-9,19H,4-5,10-16H2,1-3H3,(H2,22,23,24);1H. The predicted molar refractivity (Wildman–Crippen MR) is 127 cm³/mol. The molecule has 0 unspecified atom stereocenters. The Morgan fingerprint density at radius 3 is 2.52 bits per heavy atom. The van der Waals surface area contributed by atoms with Crippen molar-refractivity contribution in [3.63, 3.8) is 0 Å². The number of hydrogen-bond donors (Lipinski definition) is 2. The fourth-order valence-electron chi connectivity index (χ4n) is 2.89. The van der Waals surface area contributed by atoms with Gasteiger partial charge < -0.3 is 25.0 Å². The van der Waals surface area contributed by atoms with Gasteiger partial charge >= 0.3 is 0 Å². The van der Waals surface area contributed by atoms with Gasteiger partial charge in [-0.05, 0) is 43.9 Å². The van der Waals surface area contributed by atoms with E-state index in [2.05, 4.69) is 15.6 Å². The summed E-state index contributed by atoms with van der Waals surface area (Å²) in [6, 6.07) is 7.60. The molecular weight excluding hydrogens is 483 g/mol. The smallest absolute Gasteiger partial charge is 0.253 e. The third kappa shape index (κ3) is 9.77. The highest BCUT2D eigenvalue weighted by Gasteiger charge is 2.13. The lowest BCUT2D eigenvalue weighted by atomic mass is 10.1. The first-order valence-corrected chi connectivity index (χ1v) is 10.1. The number of guanidine groups is 1. The molecule has 1 aromatic carbocycles. The molecule has 7 nitrogen and oxygen atoms in total. The van der Waals surface area contributed by atoms with E-state index >= 15 is 0 Å². The van der Waals surface area contributed by atoms with Gasteiger partial charge in [-0.3, -0.25) is 4.79 Å². The number of benzene rings is 1. The van der Waals surface area contributed by atoms with Crippen LogP contribution in [0.1, 0.15) is 42.1 Å². The van der Waals surface area contributed by atoms with Crippen molar-refractivity contribution in [2.24, 2.45) is 4.99 Å². The molecule has 1 fully saturated rings.